The van der Waals surface area contributed by atoms with Crippen LogP contribution in [0.2, 0.25) is 0 Å². The summed E-state index contributed by atoms with van der Waals surface area (Å²) in [5.41, 5.74) is 0.855. The van der Waals surface area contributed by atoms with Crippen molar-refractivity contribution in [2.24, 2.45) is 0 Å². The molecule has 3 heteroatoms. The number of nitrogens with zero attached hydrogens (tertiary/aromatic N) is 1. The molecule has 0 fully saturated rings. The summed E-state index contributed by atoms with van der Waals surface area (Å²) >= 11 is 0. The summed E-state index contributed by atoms with van der Waals surface area (Å²) in [5, 5.41) is 9.04. The summed E-state index contributed by atoms with van der Waals surface area (Å²) in [6.45, 7) is 5.11. The van der Waals surface area contributed by atoms with Gasteiger partial charge in [0.2, 0.25) is 0 Å². The number of rotatable bonds is 5. The summed E-state index contributed by atoms with van der Waals surface area (Å²) < 4.78 is 7.39. The van der Waals surface area contributed by atoms with Crippen molar-refractivity contribution in [1.82, 2.24) is 4.57 Å². The lowest BCUT2D eigenvalue weighted by atomic mass is 10.1. The lowest BCUT2D eigenvalue weighted by Crippen LogP contribution is -2.24. The van der Waals surface area contributed by atoms with E-state index in [1.165, 1.54) is 0 Å². The fourth-order valence-electron chi connectivity index (χ4n) is 1.30. The highest BCUT2D eigenvalue weighted by molar-refractivity contribution is 5.05. The highest BCUT2D eigenvalue weighted by atomic mass is 16.5. The normalized spacial score (nSPS) is 12.0. The summed E-state index contributed by atoms with van der Waals surface area (Å²) in [6, 6.07) is 3.88. The molecule has 80 valence electrons. The quantitative estimate of drug-likeness (QED) is 0.781. The number of aromatic nitrogens is 1. The zero-order valence-corrected chi connectivity index (χ0v) is 9.16. The van der Waals surface area contributed by atoms with Crippen molar-refractivity contribution in [1.29, 1.82) is 0 Å². The van der Waals surface area contributed by atoms with Crippen LogP contribution in [0.1, 0.15) is 26.0 Å². The topological polar surface area (TPSA) is 34.4 Å². The molecule has 0 aliphatic carbocycles. The Hall–Kier alpha value is -0.800. The van der Waals surface area contributed by atoms with Crippen LogP contribution in [-0.2, 0) is 17.9 Å². The molecule has 0 aliphatic heterocycles. The minimum Gasteiger partial charge on any atom is -0.390 e. The number of hydrogen-bond acceptors (Lipinski definition) is 2. The van der Waals surface area contributed by atoms with Crippen molar-refractivity contribution in [2.75, 3.05) is 7.11 Å². The van der Waals surface area contributed by atoms with Gasteiger partial charge in [0.1, 0.15) is 0 Å². The number of aliphatic hydroxyl groups is 1. The first-order valence-electron chi connectivity index (χ1n) is 4.89. The number of aryl methyl sites for hydroxylation is 1. The third-order valence-corrected chi connectivity index (χ3v) is 2.59. The van der Waals surface area contributed by atoms with Gasteiger partial charge in [-0.3, -0.25) is 0 Å². The molecule has 1 aromatic heterocycles. The maximum atomic E-state index is 9.04. The van der Waals surface area contributed by atoms with Crippen LogP contribution in [0.4, 0.5) is 0 Å². The highest BCUT2D eigenvalue weighted by Gasteiger charge is 2.16. The van der Waals surface area contributed by atoms with Crippen molar-refractivity contribution in [3.05, 3.63) is 24.0 Å². The van der Waals surface area contributed by atoms with Crippen molar-refractivity contribution in [3.63, 3.8) is 0 Å². The summed E-state index contributed by atoms with van der Waals surface area (Å²) in [4.78, 5) is 0. The molecular formula is C11H19NO2. The molecule has 0 atom stereocenters. The van der Waals surface area contributed by atoms with E-state index in [1.807, 2.05) is 18.3 Å². The van der Waals surface area contributed by atoms with E-state index in [0.717, 1.165) is 18.7 Å². The second-order valence-electron chi connectivity index (χ2n) is 4.06. The van der Waals surface area contributed by atoms with Crippen LogP contribution in [0.25, 0.3) is 0 Å². The van der Waals surface area contributed by atoms with E-state index in [0.29, 0.717) is 0 Å². The summed E-state index contributed by atoms with van der Waals surface area (Å²) in [5.74, 6) is 0. The molecule has 3 nitrogen and oxygen atoms in total. The van der Waals surface area contributed by atoms with Gasteiger partial charge in [0, 0.05) is 25.5 Å². The van der Waals surface area contributed by atoms with Crippen LogP contribution >= 0.6 is 0 Å². The van der Waals surface area contributed by atoms with Crippen molar-refractivity contribution in [3.8, 4) is 0 Å². The molecular weight excluding hydrogens is 178 g/mol. The average molecular weight is 197 g/mol. The lowest BCUT2D eigenvalue weighted by molar-refractivity contribution is 0.0117. The van der Waals surface area contributed by atoms with Crippen molar-refractivity contribution in [2.45, 2.75) is 39.0 Å². The maximum absolute atomic E-state index is 9.04. The largest absolute Gasteiger partial charge is 0.390 e. The minimum atomic E-state index is -0.100. The average Bonchev–Trinajstić information content (AvgIpc) is 2.62. The van der Waals surface area contributed by atoms with Crippen LogP contribution in [0.15, 0.2) is 18.3 Å². The SMILES string of the molecule is COC(C)(C)CCn1cccc1CO. The predicted molar refractivity (Wildman–Crippen MR) is 56.1 cm³/mol. The fourth-order valence-corrected chi connectivity index (χ4v) is 1.30. The first kappa shape index (κ1) is 11.3. The Bertz CT molecular complexity index is 279. The first-order valence-corrected chi connectivity index (χ1v) is 4.89. The zero-order valence-electron chi connectivity index (χ0n) is 9.16. The van der Waals surface area contributed by atoms with Gasteiger partial charge in [-0.15, -0.1) is 0 Å². The van der Waals surface area contributed by atoms with E-state index < -0.39 is 0 Å². The van der Waals surface area contributed by atoms with Gasteiger partial charge in [-0.05, 0) is 32.4 Å². The molecule has 0 amide bonds. The molecule has 1 N–H and O–H groups in total. The van der Waals surface area contributed by atoms with E-state index >= 15 is 0 Å². The molecule has 0 saturated heterocycles. The van der Waals surface area contributed by atoms with Gasteiger partial charge in [-0.2, -0.15) is 0 Å². The van der Waals surface area contributed by atoms with E-state index in [-0.39, 0.29) is 12.2 Å². The standard InChI is InChI=1S/C11H19NO2/c1-11(2,14-3)6-8-12-7-4-5-10(12)9-13/h4-5,7,13H,6,8-9H2,1-3H3. The summed E-state index contributed by atoms with van der Waals surface area (Å²) in [6.07, 6.45) is 2.92. The van der Waals surface area contributed by atoms with Crippen LogP contribution in [0, 0.1) is 0 Å². The van der Waals surface area contributed by atoms with Gasteiger partial charge < -0.3 is 14.4 Å². The van der Waals surface area contributed by atoms with Crippen LogP contribution in [0.5, 0.6) is 0 Å². The molecule has 0 aromatic carbocycles. The van der Waals surface area contributed by atoms with Gasteiger partial charge in [0.05, 0.1) is 12.2 Å². The number of ether oxygens (including phenoxy) is 1. The number of hydrogen-bond donors (Lipinski definition) is 1. The Balaban J connectivity index is 2.53. The Morgan fingerprint density at radius 2 is 2.21 bits per heavy atom. The molecule has 0 aliphatic rings. The minimum absolute atomic E-state index is 0.0976. The van der Waals surface area contributed by atoms with Crippen LogP contribution in [-0.4, -0.2) is 22.4 Å². The Morgan fingerprint density at radius 3 is 2.79 bits per heavy atom. The third kappa shape index (κ3) is 2.86. The van der Waals surface area contributed by atoms with Gasteiger partial charge in [-0.1, -0.05) is 0 Å². The Labute approximate surface area is 85.3 Å². The van der Waals surface area contributed by atoms with E-state index in [9.17, 15) is 0 Å². The molecule has 0 bridgehead atoms. The molecule has 0 spiro atoms. The maximum Gasteiger partial charge on any atom is 0.0832 e. The lowest BCUT2D eigenvalue weighted by Gasteiger charge is -2.23. The van der Waals surface area contributed by atoms with Crippen molar-refractivity contribution >= 4 is 0 Å². The van der Waals surface area contributed by atoms with E-state index in [2.05, 4.69) is 18.4 Å². The van der Waals surface area contributed by atoms with Gasteiger partial charge in [0.15, 0.2) is 0 Å². The molecule has 14 heavy (non-hydrogen) atoms. The smallest absolute Gasteiger partial charge is 0.0832 e. The predicted octanol–water partition coefficient (Wildman–Crippen LogP) is 1.80. The third-order valence-electron chi connectivity index (χ3n) is 2.59. The molecule has 1 heterocycles. The van der Waals surface area contributed by atoms with Gasteiger partial charge >= 0.3 is 0 Å². The van der Waals surface area contributed by atoms with Crippen molar-refractivity contribution < 1.29 is 9.84 Å². The van der Waals surface area contributed by atoms with Gasteiger partial charge in [-0.25, -0.2) is 0 Å². The zero-order chi connectivity index (χ0) is 10.6. The molecule has 0 unspecified atom stereocenters. The summed E-state index contributed by atoms with van der Waals surface area (Å²) in [7, 11) is 1.72. The Morgan fingerprint density at radius 1 is 1.50 bits per heavy atom. The molecule has 1 aromatic rings. The molecule has 0 saturated carbocycles. The monoisotopic (exact) mass is 197 g/mol. The number of methoxy groups -OCH3 is 1. The van der Waals surface area contributed by atoms with Crippen LogP contribution in [0.3, 0.4) is 0 Å². The highest BCUT2D eigenvalue weighted by Crippen LogP contribution is 2.15. The molecule has 1 rings (SSSR count). The van der Waals surface area contributed by atoms with E-state index in [1.54, 1.807) is 7.11 Å². The van der Waals surface area contributed by atoms with Crippen LogP contribution < -0.4 is 0 Å². The first-order chi connectivity index (χ1) is 6.59. The molecule has 0 radical (unpaired) electrons. The Kier molecular flexibility index (Phi) is 3.72. The fraction of sp³-hybridized carbons (Fsp3) is 0.636. The van der Waals surface area contributed by atoms with E-state index in [4.69, 9.17) is 9.84 Å². The second kappa shape index (κ2) is 4.62. The number of aliphatic hydroxyl groups excluding tert-OH is 1. The van der Waals surface area contributed by atoms with Gasteiger partial charge in [0.25, 0.3) is 0 Å². The second-order valence-corrected chi connectivity index (χ2v) is 4.06.